The zero-order chi connectivity index (χ0) is 19.0. The lowest BCUT2D eigenvalue weighted by Crippen LogP contribution is -2.41. The van der Waals surface area contributed by atoms with Gasteiger partial charge in [0.25, 0.3) is 0 Å². The number of hydrogen-bond acceptors (Lipinski definition) is 7. The molecule has 0 aliphatic heterocycles. The van der Waals surface area contributed by atoms with Gasteiger partial charge in [-0.15, -0.1) is 0 Å². The number of hydrogen-bond donors (Lipinski definition) is 1. The first-order valence-corrected chi connectivity index (χ1v) is 16.4. The smallest absolute Gasteiger partial charge is 0.165 e. The van der Waals surface area contributed by atoms with E-state index in [0.29, 0.717) is 8.57 Å². The standard InChI is InChI=1S/C12H39NO6Si6/c1-14-20-11(21-15-2,22-16-3)7-9-13-10-8-12(23-17-4,24-18-5)25-19-6/h13H,7-10,20-25H2,1-6H3. The molecule has 0 aliphatic rings. The van der Waals surface area contributed by atoms with Crippen LogP contribution in [-0.4, -0.2) is 114 Å². The SMILES string of the molecule is CO[SiH2]C(CCNCCC([SiH2]OC)([SiH2]OC)[SiH2]OC)([SiH2]OC)[SiH2]OC. The molecule has 0 atom stereocenters. The van der Waals surface area contributed by atoms with Crippen LogP contribution >= 0.6 is 0 Å². The third kappa shape index (κ3) is 10.8. The van der Waals surface area contributed by atoms with E-state index >= 15 is 0 Å². The molecule has 0 saturated carbocycles. The lowest BCUT2D eigenvalue weighted by atomic mass is 10.4. The van der Waals surface area contributed by atoms with Crippen molar-refractivity contribution in [1.82, 2.24) is 5.32 Å². The molecule has 0 fully saturated rings. The molecule has 25 heavy (non-hydrogen) atoms. The van der Waals surface area contributed by atoms with Crippen molar-refractivity contribution in [3.05, 3.63) is 0 Å². The van der Waals surface area contributed by atoms with Crippen molar-refractivity contribution < 1.29 is 26.6 Å². The van der Waals surface area contributed by atoms with E-state index in [2.05, 4.69) is 5.32 Å². The fraction of sp³-hybridized carbons (Fsp3) is 1.00. The summed E-state index contributed by atoms with van der Waals surface area (Å²) < 4.78 is 34.3. The van der Waals surface area contributed by atoms with Crippen LogP contribution in [0.3, 0.4) is 0 Å². The highest BCUT2D eigenvalue weighted by Crippen LogP contribution is 2.28. The van der Waals surface area contributed by atoms with E-state index in [0.717, 1.165) is 25.9 Å². The number of nitrogens with one attached hydrogen (secondary N) is 1. The summed E-state index contributed by atoms with van der Waals surface area (Å²) in [6.45, 7) is 2.02. The third-order valence-electron chi connectivity index (χ3n) is 4.37. The average Bonchev–Trinajstić information content (AvgIpc) is 2.56. The molecule has 0 heterocycles. The predicted molar refractivity (Wildman–Crippen MR) is 121 cm³/mol. The van der Waals surface area contributed by atoms with E-state index in [4.69, 9.17) is 26.6 Å². The van der Waals surface area contributed by atoms with Crippen LogP contribution in [0, 0.1) is 0 Å². The van der Waals surface area contributed by atoms with Gasteiger partial charge < -0.3 is 31.9 Å². The van der Waals surface area contributed by atoms with E-state index in [-0.39, 0.29) is 0 Å². The molecular weight excluding hydrogens is 423 g/mol. The molecule has 0 aromatic rings. The van der Waals surface area contributed by atoms with Crippen LogP contribution in [0.2, 0.25) is 8.57 Å². The molecule has 0 spiro atoms. The molecule has 7 nitrogen and oxygen atoms in total. The molecule has 0 rings (SSSR count). The van der Waals surface area contributed by atoms with Crippen LogP contribution in [0.5, 0.6) is 0 Å². The second-order valence-corrected chi connectivity index (χ2v) is 27.0. The first-order chi connectivity index (χ1) is 12.1. The van der Waals surface area contributed by atoms with Gasteiger partial charge >= 0.3 is 0 Å². The van der Waals surface area contributed by atoms with E-state index in [9.17, 15) is 0 Å². The van der Waals surface area contributed by atoms with Crippen molar-refractivity contribution in [2.45, 2.75) is 21.4 Å². The van der Waals surface area contributed by atoms with Crippen molar-refractivity contribution in [1.29, 1.82) is 0 Å². The van der Waals surface area contributed by atoms with Gasteiger partial charge in [-0.2, -0.15) is 0 Å². The maximum Gasteiger partial charge on any atom is 0.165 e. The first kappa shape index (κ1) is 26.0. The van der Waals surface area contributed by atoms with Crippen LogP contribution in [0.15, 0.2) is 0 Å². The van der Waals surface area contributed by atoms with Crippen molar-refractivity contribution in [3.63, 3.8) is 0 Å². The molecule has 13 heteroatoms. The third-order valence-corrected chi connectivity index (χ3v) is 19.2. The van der Waals surface area contributed by atoms with Crippen molar-refractivity contribution in [2.75, 3.05) is 55.7 Å². The van der Waals surface area contributed by atoms with Crippen LogP contribution in [-0.2, 0) is 26.6 Å². The Morgan fingerprint density at radius 3 is 0.960 bits per heavy atom. The highest BCUT2D eigenvalue weighted by molar-refractivity contribution is 6.74. The van der Waals surface area contributed by atoms with E-state index in [1.54, 1.807) is 0 Å². The largest absolute Gasteiger partial charge is 0.427 e. The summed E-state index contributed by atoms with van der Waals surface area (Å²) in [4.78, 5) is 0. The molecule has 0 saturated heterocycles. The maximum atomic E-state index is 5.61. The molecule has 0 bridgehead atoms. The second kappa shape index (κ2) is 16.0. The molecule has 0 unspecified atom stereocenters. The Balaban J connectivity index is 4.49. The quantitative estimate of drug-likeness (QED) is 0.164. The second-order valence-electron chi connectivity index (χ2n) is 6.85. The Bertz CT molecular complexity index is 258. The summed E-state index contributed by atoms with van der Waals surface area (Å²) in [5.41, 5.74) is 0. The van der Waals surface area contributed by atoms with Gasteiger partial charge in [-0.05, 0) is 25.9 Å². The summed E-state index contributed by atoms with van der Waals surface area (Å²) in [6, 6.07) is 0. The number of rotatable bonds is 18. The average molecular weight is 462 g/mol. The Labute approximate surface area is 167 Å². The Kier molecular flexibility index (Phi) is 16.7. The van der Waals surface area contributed by atoms with Gasteiger partial charge in [-0.3, -0.25) is 0 Å². The van der Waals surface area contributed by atoms with Gasteiger partial charge in [0, 0.05) is 51.2 Å². The molecule has 152 valence electrons. The summed E-state index contributed by atoms with van der Waals surface area (Å²) in [7, 11) is 7.47. The molecule has 0 radical (unpaired) electrons. The zero-order valence-corrected chi connectivity index (χ0v) is 25.5. The van der Waals surface area contributed by atoms with Crippen LogP contribution < -0.4 is 5.32 Å². The zero-order valence-electron chi connectivity index (χ0n) is 17.0. The Morgan fingerprint density at radius 1 is 0.520 bits per heavy atom. The minimum Gasteiger partial charge on any atom is -0.427 e. The molecular formula is C12H39NO6Si6. The first-order valence-electron chi connectivity index (χ1n) is 8.72. The summed E-state index contributed by atoms with van der Waals surface area (Å²) in [5.74, 6) is 0. The Morgan fingerprint density at radius 2 is 0.760 bits per heavy atom. The van der Waals surface area contributed by atoms with Crippen LogP contribution in [0.4, 0.5) is 0 Å². The van der Waals surface area contributed by atoms with Gasteiger partial charge in [-0.25, -0.2) is 0 Å². The van der Waals surface area contributed by atoms with Crippen molar-refractivity contribution >= 4 is 58.6 Å². The van der Waals surface area contributed by atoms with Crippen molar-refractivity contribution in [2.24, 2.45) is 0 Å². The topological polar surface area (TPSA) is 67.4 Å². The van der Waals surface area contributed by atoms with E-state index in [1.807, 2.05) is 42.7 Å². The highest BCUT2D eigenvalue weighted by atomic mass is 28.4. The maximum absolute atomic E-state index is 5.61. The van der Waals surface area contributed by atoms with E-state index in [1.165, 1.54) is 0 Å². The fourth-order valence-corrected chi connectivity index (χ4v) is 18.3. The summed E-state index contributed by atoms with van der Waals surface area (Å²) in [6.07, 6.45) is 2.26. The summed E-state index contributed by atoms with van der Waals surface area (Å²) >= 11 is 0. The Hall–Kier alpha value is 1.02. The monoisotopic (exact) mass is 461 g/mol. The fourth-order valence-electron chi connectivity index (χ4n) is 3.35. The van der Waals surface area contributed by atoms with Crippen molar-refractivity contribution in [3.8, 4) is 0 Å². The predicted octanol–water partition coefficient (Wildman–Crippen LogP) is -4.12. The minimum atomic E-state index is -0.585. The van der Waals surface area contributed by atoms with Gasteiger partial charge in [0.1, 0.15) is 0 Å². The summed E-state index contributed by atoms with van der Waals surface area (Å²) in [5, 5.41) is 3.65. The molecule has 0 amide bonds. The van der Waals surface area contributed by atoms with Crippen LogP contribution in [0.25, 0.3) is 0 Å². The molecule has 0 aromatic carbocycles. The molecule has 0 aromatic heterocycles. The molecule has 0 aliphatic carbocycles. The van der Waals surface area contributed by atoms with Gasteiger partial charge in [0.05, 0.1) is 0 Å². The minimum absolute atomic E-state index is 0.312. The lowest BCUT2D eigenvalue weighted by molar-refractivity contribution is 0.377. The molecule has 1 N–H and O–H groups in total. The lowest BCUT2D eigenvalue weighted by Gasteiger charge is -2.31. The van der Waals surface area contributed by atoms with Crippen LogP contribution in [0.1, 0.15) is 12.8 Å². The van der Waals surface area contributed by atoms with E-state index < -0.39 is 58.6 Å². The normalized spacial score (nSPS) is 19.4. The van der Waals surface area contributed by atoms with Gasteiger partial charge in [-0.1, -0.05) is 0 Å². The highest BCUT2D eigenvalue weighted by Gasteiger charge is 2.34. The van der Waals surface area contributed by atoms with Gasteiger partial charge in [0.15, 0.2) is 58.6 Å². The van der Waals surface area contributed by atoms with Gasteiger partial charge in [0.2, 0.25) is 0 Å².